The molecule has 0 radical (unpaired) electrons. The number of ether oxygens (including phenoxy) is 2. The molecular weight excluding hydrogens is 571 g/mol. The Morgan fingerprint density at radius 3 is 2.29 bits per heavy atom. The quantitative estimate of drug-likeness (QED) is 0.377. The molecule has 2 aromatic carbocycles. The molecule has 232 valence electrons. The zero-order valence-electron chi connectivity index (χ0n) is 23.2. The Hall–Kier alpha value is -2.90. The molecule has 2 saturated heterocycles. The fraction of sp³-hybridized carbons (Fsp3) is 0.552. The molecule has 13 heteroatoms. The zero-order valence-corrected chi connectivity index (χ0v) is 23.2. The predicted molar refractivity (Wildman–Crippen MR) is 140 cm³/mol. The van der Waals surface area contributed by atoms with Crippen molar-refractivity contribution in [2.45, 2.75) is 50.7 Å². The molecule has 0 aliphatic carbocycles. The van der Waals surface area contributed by atoms with Gasteiger partial charge in [-0.25, -0.2) is 9.18 Å². The molecule has 6 nitrogen and oxygen atoms in total. The number of nitrogens with one attached hydrogen (secondary N) is 1. The highest BCUT2D eigenvalue weighted by molar-refractivity contribution is 5.75. The van der Waals surface area contributed by atoms with Crippen LogP contribution in [-0.4, -0.2) is 74.5 Å². The average molecular weight is 606 g/mol. The van der Waals surface area contributed by atoms with Gasteiger partial charge in [0.05, 0.1) is 43.1 Å². The molecule has 0 unspecified atom stereocenters. The standard InChI is InChI=1S/C29H34F7N3O3/c1-19-14-23(30)2-3-25(19)26-18-24(42-13-10-38-8-11-41-12-9-38)5-7-39(26)27(40)37-6-4-20-15-21(28(31,32)33)17-22(16-20)29(34,35)36/h2-3,14-17,24,26H,4-13,18H2,1H3,(H,37,40)/t24-,26+/m0/s1. The minimum absolute atomic E-state index is 0.0743. The first-order valence-electron chi connectivity index (χ1n) is 13.8. The molecule has 2 aliphatic rings. The third kappa shape index (κ3) is 8.57. The molecule has 0 bridgehead atoms. The molecule has 2 fully saturated rings. The van der Waals surface area contributed by atoms with Gasteiger partial charge in [-0.2, -0.15) is 26.3 Å². The van der Waals surface area contributed by atoms with Crippen molar-refractivity contribution >= 4 is 6.03 Å². The number of halogens is 7. The van der Waals surface area contributed by atoms with Crippen LogP contribution in [0.4, 0.5) is 35.5 Å². The molecule has 2 aliphatic heterocycles. The molecule has 42 heavy (non-hydrogen) atoms. The number of nitrogens with zero attached hydrogens (tertiary/aromatic N) is 2. The van der Waals surface area contributed by atoms with Crippen LogP contribution in [-0.2, 0) is 28.2 Å². The Kier molecular flexibility index (Phi) is 10.4. The number of carbonyl (C=O) groups is 1. The maximum absolute atomic E-state index is 13.9. The number of likely N-dealkylation sites (tertiary alicyclic amines) is 1. The van der Waals surface area contributed by atoms with Gasteiger partial charge in [0.25, 0.3) is 0 Å². The zero-order chi connectivity index (χ0) is 30.5. The topological polar surface area (TPSA) is 54.0 Å². The number of piperidine rings is 1. The fourth-order valence-corrected chi connectivity index (χ4v) is 5.39. The van der Waals surface area contributed by atoms with E-state index in [0.29, 0.717) is 56.9 Å². The van der Waals surface area contributed by atoms with Gasteiger partial charge in [-0.3, -0.25) is 4.90 Å². The van der Waals surface area contributed by atoms with Crippen LogP contribution >= 0.6 is 0 Å². The van der Waals surface area contributed by atoms with E-state index in [4.69, 9.17) is 9.47 Å². The summed E-state index contributed by atoms with van der Waals surface area (Å²) in [6.45, 7) is 6.13. The minimum Gasteiger partial charge on any atom is -0.379 e. The van der Waals surface area contributed by atoms with Crippen LogP contribution in [0.5, 0.6) is 0 Å². The van der Waals surface area contributed by atoms with Crippen molar-refractivity contribution in [1.29, 1.82) is 0 Å². The smallest absolute Gasteiger partial charge is 0.379 e. The van der Waals surface area contributed by atoms with E-state index in [2.05, 4.69) is 10.2 Å². The summed E-state index contributed by atoms with van der Waals surface area (Å²) in [6.07, 6.45) is -9.31. The summed E-state index contributed by atoms with van der Waals surface area (Å²) in [7, 11) is 0. The molecular formula is C29H34F7N3O3. The van der Waals surface area contributed by atoms with Crippen LogP contribution in [0, 0.1) is 12.7 Å². The van der Waals surface area contributed by atoms with Gasteiger partial charge in [-0.15, -0.1) is 0 Å². The number of hydrogen-bond acceptors (Lipinski definition) is 4. The third-order valence-electron chi connectivity index (χ3n) is 7.61. The number of morpholine rings is 1. The molecule has 2 atom stereocenters. The normalized spacial score (nSPS) is 20.5. The van der Waals surface area contributed by atoms with E-state index in [9.17, 15) is 35.5 Å². The fourth-order valence-electron chi connectivity index (χ4n) is 5.39. The molecule has 0 spiro atoms. The summed E-state index contributed by atoms with van der Waals surface area (Å²) < 4.78 is 105. The van der Waals surface area contributed by atoms with Gasteiger partial charge in [0, 0.05) is 32.7 Å². The Morgan fingerprint density at radius 2 is 1.67 bits per heavy atom. The average Bonchev–Trinajstić information content (AvgIpc) is 2.92. The third-order valence-corrected chi connectivity index (χ3v) is 7.61. The lowest BCUT2D eigenvalue weighted by molar-refractivity contribution is -0.143. The lowest BCUT2D eigenvalue weighted by Crippen LogP contribution is -2.48. The van der Waals surface area contributed by atoms with Crippen molar-refractivity contribution in [1.82, 2.24) is 15.1 Å². The highest BCUT2D eigenvalue weighted by Gasteiger charge is 2.37. The number of rotatable bonds is 8. The summed E-state index contributed by atoms with van der Waals surface area (Å²) >= 11 is 0. The van der Waals surface area contributed by atoms with Crippen LogP contribution in [0.25, 0.3) is 0 Å². The minimum atomic E-state index is -4.95. The van der Waals surface area contributed by atoms with Crippen molar-refractivity contribution in [3.8, 4) is 0 Å². The number of carbonyl (C=O) groups excluding carboxylic acids is 1. The maximum atomic E-state index is 13.9. The second-order valence-corrected chi connectivity index (χ2v) is 10.6. The number of alkyl halides is 6. The summed E-state index contributed by atoms with van der Waals surface area (Å²) in [5.74, 6) is -0.416. The van der Waals surface area contributed by atoms with Crippen molar-refractivity contribution in [3.63, 3.8) is 0 Å². The van der Waals surface area contributed by atoms with Gasteiger partial charge >= 0.3 is 18.4 Å². The van der Waals surface area contributed by atoms with Crippen LogP contribution in [0.1, 0.15) is 46.7 Å². The molecule has 0 aromatic heterocycles. The molecule has 2 aromatic rings. The first-order chi connectivity index (χ1) is 19.8. The molecule has 1 N–H and O–H groups in total. The largest absolute Gasteiger partial charge is 0.416 e. The number of amides is 2. The van der Waals surface area contributed by atoms with Crippen LogP contribution in [0.15, 0.2) is 36.4 Å². The van der Waals surface area contributed by atoms with Crippen LogP contribution in [0.2, 0.25) is 0 Å². The van der Waals surface area contributed by atoms with Gasteiger partial charge < -0.3 is 19.7 Å². The lowest BCUT2D eigenvalue weighted by Gasteiger charge is -2.40. The van der Waals surface area contributed by atoms with Gasteiger partial charge in [0.15, 0.2) is 0 Å². The van der Waals surface area contributed by atoms with Gasteiger partial charge in [0.2, 0.25) is 0 Å². The Morgan fingerprint density at radius 1 is 1.00 bits per heavy atom. The SMILES string of the molecule is Cc1cc(F)ccc1[C@H]1C[C@@H](OCCN2CCOCC2)CCN1C(=O)NCCc1cc(C(F)(F)F)cc(C(F)(F)F)c1. The maximum Gasteiger partial charge on any atom is 0.416 e. The number of benzene rings is 2. The number of urea groups is 1. The lowest BCUT2D eigenvalue weighted by atomic mass is 9.90. The summed E-state index contributed by atoms with van der Waals surface area (Å²) in [5, 5.41) is 2.64. The van der Waals surface area contributed by atoms with E-state index in [0.717, 1.165) is 25.2 Å². The molecule has 2 amide bonds. The van der Waals surface area contributed by atoms with E-state index in [-0.39, 0.29) is 30.7 Å². The van der Waals surface area contributed by atoms with Crippen LogP contribution < -0.4 is 5.32 Å². The van der Waals surface area contributed by atoms with Crippen molar-refractivity contribution in [3.05, 3.63) is 70.0 Å². The Bertz CT molecular complexity index is 1180. The second kappa shape index (κ2) is 13.6. The van der Waals surface area contributed by atoms with E-state index >= 15 is 0 Å². The van der Waals surface area contributed by atoms with Crippen molar-refractivity contribution in [2.24, 2.45) is 0 Å². The first kappa shape index (κ1) is 32.0. The Balaban J connectivity index is 1.42. The second-order valence-electron chi connectivity index (χ2n) is 10.6. The number of hydrogen-bond donors (Lipinski definition) is 1. The summed E-state index contributed by atoms with van der Waals surface area (Å²) in [6, 6.07) is 4.72. The first-order valence-corrected chi connectivity index (χ1v) is 13.8. The highest BCUT2D eigenvalue weighted by atomic mass is 19.4. The van der Waals surface area contributed by atoms with Gasteiger partial charge in [0.1, 0.15) is 5.82 Å². The van der Waals surface area contributed by atoms with E-state index in [1.54, 1.807) is 17.9 Å². The van der Waals surface area contributed by atoms with Gasteiger partial charge in [-0.1, -0.05) is 6.07 Å². The predicted octanol–water partition coefficient (Wildman–Crippen LogP) is 5.98. The monoisotopic (exact) mass is 605 g/mol. The van der Waals surface area contributed by atoms with E-state index in [1.165, 1.54) is 12.1 Å². The molecule has 2 heterocycles. The van der Waals surface area contributed by atoms with Crippen molar-refractivity contribution in [2.75, 3.05) is 52.5 Å². The molecule has 4 rings (SSSR count). The number of aryl methyl sites for hydroxylation is 1. The van der Waals surface area contributed by atoms with E-state index < -0.39 is 41.4 Å². The molecule has 0 saturated carbocycles. The van der Waals surface area contributed by atoms with Gasteiger partial charge in [-0.05, 0) is 73.2 Å². The highest BCUT2D eigenvalue weighted by Crippen LogP contribution is 2.37. The van der Waals surface area contributed by atoms with Crippen LogP contribution in [0.3, 0.4) is 0 Å². The van der Waals surface area contributed by atoms with E-state index in [1.807, 2.05) is 0 Å². The summed E-state index contributed by atoms with van der Waals surface area (Å²) in [4.78, 5) is 17.1. The summed E-state index contributed by atoms with van der Waals surface area (Å²) in [5.41, 5.74) is -1.62. The van der Waals surface area contributed by atoms with Crippen molar-refractivity contribution < 1.29 is 45.0 Å². The Labute approximate surface area is 239 Å².